The quantitative estimate of drug-likeness (QED) is 0.806. The zero-order valence-corrected chi connectivity index (χ0v) is 18.1. The van der Waals surface area contributed by atoms with Crippen LogP contribution in [0.5, 0.6) is 0 Å². The van der Waals surface area contributed by atoms with Crippen molar-refractivity contribution in [1.82, 2.24) is 5.32 Å². The molecule has 3 saturated heterocycles. The molecule has 5 heteroatoms. The first-order valence-electron chi connectivity index (χ1n) is 11.3. The van der Waals surface area contributed by atoms with Gasteiger partial charge in [-0.25, -0.2) is 0 Å². The molecule has 158 valence electrons. The Kier molecular flexibility index (Phi) is 4.94. The van der Waals surface area contributed by atoms with Crippen LogP contribution in [0.3, 0.4) is 0 Å². The number of hydrogen-bond donors (Lipinski definition) is 2. The Bertz CT molecular complexity index is 922. The highest BCUT2D eigenvalue weighted by molar-refractivity contribution is 5.94. The number of para-hydroxylation sites is 1. The second-order valence-electron chi connectivity index (χ2n) is 9.21. The van der Waals surface area contributed by atoms with E-state index in [-0.39, 0.29) is 23.9 Å². The fourth-order valence-corrected chi connectivity index (χ4v) is 5.61. The predicted octanol–water partition coefficient (Wildman–Crippen LogP) is 4.17. The van der Waals surface area contributed by atoms with E-state index in [4.69, 9.17) is 0 Å². The number of nitrogens with one attached hydrogen (secondary N) is 2. The largest absolute Gasteiger partial charge is 0.378 e. The van der Waals surface area contributed by atoms with Gasteiger partial charge in [0.05, 0.1) is 6.04 Å². The van der Waals surface area contributed by atoms with Gasteiger partial charge in [0, 0.05) is 66.7 Å². The maximum Gasteiger partial charge on any atom is 0.224 e. The lowest BCUT2D eigenvalue weighted by molar-refractivity contribution is -0.117. The fourth-order valence-electron chi connectivity index (χ4n) is 5.61. The van der Waals surface area contributed by atoms with E-state index in [0.717, 1.165) is 24.5 Å². The number of benzene rings is 2. The fraction of sp³-hybridized carbons (Fsp3) is 0.480. The summed E-state index contributed by atoms with van der Waals surface area (Å²) in [5.41, 5.74) is 4.68. The van der Waals surface area contributed by atoms with Crippen LogP contribution in [0, 0.1) is 5.92 Å². The maximum absolute atomic E-state index is 12.6. The normalized spacial score (nSPS) is 30.2. The van der Waals surface area contributed by atoms with E-state index >= 15 is 0 Å². The van der Waals surface area contributed by atoms with E-state index in [1.165, 1.54) is 24.1 Å². The Hall–Kier alpha value is -2.53. The molecule has 4 aliphatic rings. The van der Waals surface area contributed by atoms with Crippen LogP contribution in [-0.4, -0.2) is 37.1 Å². The molecule has 30 heavy (non-hydrogen) atoms. The Balaban J connectivity index is 1.56. The molecule has 2 aromatic rings. The number of nitrogens with zero attached hydrogens (tertiary/aromatic N) is 2. The minimum absolute atomic E-state index is 0.114. The zero-order chi connectivity index (χ0) is 20.8. The molecule has 2 N–H and O–H groups in total. The van der Waals surface area contributed by atoms with Crippen LogP contribution in [-0.2, 0) is 4.79 Å². The van der Waals surface area contributed by atoms with Crippen LogP contribution in [0.1, 0.15) is 45.2 Å². The molecule has 0 spiro atoms. The molecule has 0 aliphatic carbocycles. The Morgan fingerprint density at radius 1 is 1.10 bits per heavy atom. The van der Waals surface area contributed by atoms with Crippen LogP contribution >= 0.6 is 0 Å². The molecule has 5 nitrogen and oxygen atoms in total. The lowest BCUT2D eigenvalue weighted by Gasteiger charge is -2.48. The lowest BCUT2D eigenvalue weighted by atomic mass is 9.82. The van der Waals surface area contributed by atoms with E-state index in [1.807, 2.05) is 11.0 Å². The van der Waals surface area contributed by atoms with Crippen molar-refractivity contribution in [2.45, 2.75) is 57.8 Å². The predicted molar refractivity (Wildman–Crippen MR) is 123 cm³/mol. The summed E-state index contributed by atoms with van der Waals surface area (Å²) >= 11 is 0. The lowest BCUT2D eigenvalue weighted by Crippen LogP contribution is -2.61. The van der Waals surface area contributed by atoms with Crippen molar-refractivity contribution in [3.05, 3.63) is 54.1 Å². The second kappa shape index (κ2) is 7.62. The van der Waals surface area contributed by atoms with Gasteiger partial charge in [0.1, 0.15) is 0 Å². The van der Waals surface area contributed by atoms with Crippen molar-refractivity contribution in [3.63, 3.8) is 0 Å². The molecular formula is C25H32N4O. The minimum Gasteiger partial charge on any atom is -0.378 e. The molecule has 5 atom stereocenters. The second-order valence-corrected chi connectivity index (χ2v) is 9.21. The van der Waals surface area contributed by atoms with Crippen molar-refractivity contribution in [2.75, 3.05) is 28.2 Å². The van der Waals surface area contributed by atoms with Gasteiger partial charge in [0.25, 0.3) is 0 Å². The first kappa shape index (κ1) is 19.4. The van der Waals surface area contributed by atoms with Crippen LogP contribution in [0.15, 0.2) is 48.5 Å². The number of carbonyl (C=O) groups is 1. The number of piperidine rings is 2. The summed E-state index contributed by atoms with van der Waals surface area (Å²) in [6, 6.07) is 18.6. The molecule has 6 rings (SSSR count). The highest BCUT2D eigenvalue weighted by Crippen LogP contribution is 2.44. The summed E-state index contributed by atoms with van der Waals surface area (Å²) in [6.45, 7) is 8.24. The van der Waals surface area contributed by atoms with Crippen LogP contribution in [0.25, 0.3) is 0 Å². The van der Waals surface area contributed by atoms with Gasteiger partial charge in [-0.05, 0) is 50.1 Å². The van der Waals surface area contributed by atoms with Gasteiger partial charge < -0.3 is 20.4 Å². The van der Waals surface area contributed by atoms with Gasteiger partial charge in [-0.3, -0.25) is 4.79 Å². The average Bonchev–Trinajstić information content (AvgIpc) is 2.78. The molecular weight excluding hydrogens is 372 g/mol. The summed E-state index contributed by atoms with van der Waals surface area (Å²) in [4.78, 5) is 17.1. The minimum atomic E-state index is 0.114. The van der Waals surface area contributed by atoms with E-state index in [0.29, 0.717) is 12.1 Å². The molecule has 2 bridgehead atoms. The Morgan fingerprint density at radius 2 is 1.90 bits per heavy atom. The summed E-state index contributed by atoms with van der Waals surface area (Å²) < 4.78 is 0. The number of piperazine rings is 1. The zero-order valence-electron chi connectivity index (χ0n) is 18.1. The van der Waals surface area contributed by atoms with Crippen LogP contribution < -0.4 is 20.4 Å². The topological polar surface area (TPSA) is 47.6 Å². The van der Waals surface area contributed by atoms with Crippen molar-refractivity contribution in [2.24, 2.45) is 5.92 Å². The van der Waals surface area contributed by atoms with Crippen molar-refractivity contribution < 1.29 is 4.79 Å². The highest BCUT2D eigenvalue weighted by atomic mass is 16.2. The molecule has 0 aromatic heterocycles. The number of carbonyl (C=O) groups excluding carboxylic acids is 1. The molecule has 1 amide bonds. The van der Waals surface area contributed by atoms with Crippen molar-refractivity contribution >= 4 is 23.0 Å². The third kappa shape index (κ3) is 3.25. The van der Waals surface area contributed by atoms with E-state index in [9.17, 15) is 4.79 Å². The molecule has 0 radical (unpaired) electrons. The van der Waals surface area contributed by atoms with Gasteiger partial charge in [-0.1, -0.05) is 25.1 Å². The molecule has 4 aliphatic heterocycles. The third-order valence-corrected chi connectivity index (χ3v) is 7.41. The standard InChI is InChI=1S/C25H32N4O/c1-16-17(2)29(18(3)30)24-12-11-21(28-15-20-9-10-22(28)14-26-20)13-23(24)25(16)27-19-7-5-4-6-8-19/h4-8,11-13,16-17,20,22,25-27H,9-10,14-15H2,1-3H3/t16-,17-,20+,22+,25+/m0/s1. The molecule has 4 heterocycles. The monoisotopic (exact) mass is 404 g/mol. The van der Waals surface area contributed by atoms with Gasteiger partial charge in [0.15, 0.2) is 0 Å². The van der Waals surface area contributed by atoms with Gasteiger partial charge in [-0.15, -0.1) is 0 Å². The Labute approximate surface area is 179 Å². The summed E-state index contributed by atoms with van der Waals surface area (Å²) in [6.07, 6.45) is 2.53. The SMILES string of the molecule is CC(=O)N1c2ccc(N3C[C@H]4CC[C@@H]3CN4)cc2[C@H](Nc2ccccc2)[C@@H](C)[C@@H]1C. The van der Waals surface area contributed by atoms with Crippen molar-refractivity contribution in [3.8, 4) is 0 Å². The van der Waals surface area contributed by atoms with E-state index in [2.05, 4.69) is 71.8 Å². The first-order valence-corrected chi connectivity index (χ1v) is 11.3. The Morgan fingerprint density at radius 3 is 2.53 bits per heavy atom. The molecule has 2 aromatic carbocycles. The highest BCUT2D eigenvalue weighted by Gasteiger charge is 2.39. The number of fused-ring (bicyclic) bond motifs is 4. The number of amides is 1. The third-order valence-electron chi connectivity index (χ3n) is 7.41. The van der Waals surface area contributed by atoms with Gasteiger partial charge in [0.2, 0.25) is 5.91 Å². The molecule has 0 saturated carbocycles. The van der Waals surface area contributed by atoms with Crippen molar-refractivity contribution in [1.29, 1.82) is 0 Å². The smallest absolute Gasteiger partial charge is 0.224 e. The average molecular weight is 405 g/mol. The van der Waals surface area contributed by atoms with Gasteiger partial charge in [-0.2, -0.15) is 0 Å². The number of hydrogen-bond acceptors (Lipinski definition) is 4. The first-order chi connectivity index (χ1) is 14.5. The summed E-state index contributed by atoms with van der Waals surface area (Å²) in [5.74, 6) is 0.402. The number of rotatable bonds is 3. The van der Waals surface area contributed by atoms with E-state index in [1.54, 1.807) is 6.92 Å². The van der Waals surface area contributed by atoms with E-state index < -0.39 is 0 Å². The summed E-state index contributed by atoms with van der Waals surface area (Å²) in [5, 5.41) is 7.42. The molecule has 3 fully saturated rings. The number of anilines is 3. The summed E-state index contributed by atoms with van der Waals surface area (Å²) in [7, 11) is 0. The van der Waals surface area contributed by atoms with Crippen LogP contribution in [0.2, 0.25) is 0 Å². The molecule has 0 unspecified atom stereocenters. The van der Waals surface area contributed by atoms with Crippen LogP contribution in [0.4, 0.5) is 17.1 Å². The maximum atomic E-state index is 12.6. The van der Waals surface area contributed by atoms with Gasteiger partial charge >= 0.3 is 0 Å².